The number of hydrogen-bond donors (Lipinski definition) is 1. The van der Waals surface area contributed by atoms with Crippen molar-refractivity contribution in [2.24, 2.45) is 0 Å². The van der Waals surface area contributed by atoms with Gasteiger partial charge in [-0.15, -0.1) is 0 Å². The predicted octanol–water partition coefficient (Wildman–Crippen LogP) is 3.67. The zero-order valence-electron chi connectivity index (χ0n) is 10.6. The van der Waals surface area contributed by atoms with Crippen LogP contribution in [-0.4, -0.2) is 10.1 Å². The minimum Gasteiger partial charge on any atom is -0.399 e. The van der Waals surface area contributed by atoms with Crippen LogP contribution in [0.4, 0.5) is 5.69 Å². The van der Waals surface area contributed by atoms with E-state index in [-0.39, 0.29) is 0 Å². The standard InChI is InChI=1S/C15H12BrN3O/c16-12-5-2-4-11(9-12)15-18-14(20-19-15)8-10-3-1-6-13(17)7-10/h1-7,9H,8,17H2. The molecule has 0 aliphatic heterocycles. The van der Waals surface area contributed by atoms with Crippen LogP contribution >= 0.6 is 15.9 Å². The Morgan fingerprint density at radius 2 is 1.95 bits per heavy atom. The first kappa shape index (κ1) is 12.9. The van der Waals surface area contributed by atoms with Gasteiger partial charge in [-0.1, -0.05) is 45.4 Å². The van der Waals surface area contributed by atoms with Crippen molar-refractivity contribution in [2.75, 3.05) is 5.73 Å². The Morgan fingerprint density at radius 1 is 1.10 bits per heavy atom. The van der Waals surface area contributed by atoms with Gasteiger partial charge < -0.3 is 10.3 Å². The molecule has 100 valence electrons. The zero-order valence-corrected chi connectivity index (χ0v) is 12.2. The number of nitrogens with two attached hydrogens (primary N) is 1. The molecule has 0 saturated carbocycles. The molecule has 0 bridgehead atoms. The number of nitrogens with zero attached hydrogens (tertiary/aromatic N) is 2. The molecule has 0 amide bonds. The fourth-order valence-corrected chi connectivity index (χ4v) is 2.35. The highest BCUT2D eigenvalue weighted by atomic mass is 79.9. The molecule has 3 rings (SSSR count). The maximum absolute atomic E-state index is 5.75. The van der Waals surface area contributed by atoms with Crippen molar-refractivity contribution in [3.05, 3.63) is 64.5 Å². The number of nitrogen functional groups attached to an aromatic ring is 1. The van der Waals surface area contributed by atoms with E-state index in [0.29, 0.717) is 18.1 Å². The number of hydrogen-bond acceptors (Lipinski definition) is 4. The molecule has 2 N–H and O–H groups in total. The quantitative estimate of drug-likeness (QED) is 0.744. The van der Waals surface area contributed by atoms with Gasteiger partial charge >= 0.3 is 0 Å². The van der Waals surface area contributed by atoms with Crippen LogP contribution in [0.2, 0.25) is 0 Å². The zero-order chi connectivity index (χ0) is 13.9. The molecule has 0 spiro atoms. The van der Waals surface area contributed by atoms with Gasteiger partial charge in [-0.2, -0.15) is 4.98 Å². The van der Waals surface area contributed by atoms with Gasteiger partial charge in [-0.05, 0) is 29.8 Å². The minimum absolute atomic E-state index is 0.575. The highest BCUT2D eigenvalue weighted by Gasteiger charge is 2.09. The average Bonchev–Trinajstić information content (AvgIpc) is 2.87. The first-order chi connectivity index (χ1) is 9.70. The summed E-state index contributed by atoms with van der Waals surface area (Å²) in [5.74, 6) is 1.16. The first-order valence-electron chi connectivity index (χ1n) is 6.14. The lowest BCUT2D eigenvalue weighted by atomic mass is 10.1. The third-order valence-electron chi connectivity index (χ3n) is 2.86. The number of anilines is 1. The molecule has 20 heavy (non-hydrogen) atoms. The SMILES string of the molecule is Nc1cccc(Cc2nc(-c3cccc(Br)c3)no2)c1. The van der Waals surface area contributed by atoms with Crippen molar-refractivity contribution >= 4 is 21.6 Å². The lowest BCUT2D eigenvalue weighted by Gasteiger charge is -1.98. The van der Waals surface area contributed by atoms with Crippen LogP contribution in [0.25, 0.3) is 11.4 Å². The van der Waals surface area contributed by atoms with Crippen LogP contribution in [0.5, 0.6) is 0 Å². The third-order valence-corrected chi connectivity index (χ3v) is 3.35. The highest BCUT2D eigenvalue weighted by Crippen LogP contribution is 2.21. The van der Waals surface area contributed by atoms with Gasteiger partial charge in [0.1, 0.15) is 0 Å². The summed E-state index contributed by atoms with van der Waals surface area (Å²) in [5, 5.41) is 4.01. The van der Waals surface area contributed by atoms with Gasteiger partial charge in [-0.3, -0.25) is 0 Å². The van der Waals surface area contributed by atoms with Crippen LogP contribution < -0.4 is 5.73 Å². The Kier molecular flexibility index (Phi) is 3.52. The summed E-state index contributed by atoms with van der Waals surface area (Å²) in [6.45, 7) is 0. The molecule has 0 atom stereocenters. The molecule has 0 fully saturated rings. The van der Waals surface area contributed by atoms with Crippen LogP contribution in [0.1, 0.15) is 11.5 Å². The van der Waals surface area contributed by atoms with Crippen LogP contribution in [0, 0.1) is 0 Å². The molecule has 0 saturated heterocycles. The largest absolute Gasteiger partial charge is 0.399 e. The van der Waals surface area contributed by atoms with E-state index in [9.17, 15) is 0 Å². The van der Waals surface area contributed by atoms with Crippen molar-refractivity contribution in [3.63, 3.8) is 0 Å². The molecule has 0 unspecified atom stereocenters. The Balaban J connectivity index is 1.84. The second-order valence-electron chi connectivity index (χ2n) is 4.44. The van der Waals surface area contributed by atoms with E-state index in [1.165, 1.54) is 0 Å². The molecule has 2 aromatic carbocycles. The molecule has 3 aromatic rings. The molecule has 5 heteroatoms. The number of rotatable bonds is 3. The van der Waals surface area contributed by atoms with E-state index >= 15 is 0 Å². The van der Waals surface area contributed by atoms with Crippen molar-refractivity contribution in [3.8, 4) is 11.4 Å². The molecule has 1 aromatic heterocycles. The summed E-state index contributed by atoms with van der Waals surface area (Å²) >= 11 is 3.43. The van der Waals surface area contributed by atoms with Crippen LogP contribution in [0.3, 0.4) is 0 Å². The van der Waals surface area contributed by atoms with Gasteiger partial charge in [0.25, 0.3) is 0 Å². The van der Waals surface area contributed by atoms with E-state index in [2.05, 4.69) is 26.1 Å². The highest BCUT2D eigenvalue weighted by molar-refractivity contribution is 9.10. The predicted molar refractivity (Wildman–Crippen MR) is 81.1 cm³/mol. The van der Waals surface area contributed by atoms with E-state index in [4.69, 9.17) is 10.3 Å². The fraction of sp³-hybridized carbons (Fsp3) is 0.0667. The number of halogens is 1. The van der Waals surface area contributed by atoms with Gasteiger partial charge in [0, 0.05) is 15.7 Å². The molecule has 0 radical (unpaired) electrons. The van der Waals surface area contributed by atoms with E-state index in [0.717, 1.165) is 21.3 Å². The monoisotopic (exact) mass is 329 g/mol. The molecular formula is C15H12BrN3O. The summed E-state index contributed by atoms with van der Waals surface area (Å²) in [6, 6.07) is 15.4. The lowest BCUT2D eigenvalue weighted by molar-refractivity contribution is 0.386. The van der Waals surface area contributed by atoms with Crippen molar-refractivity contribution in [2.45, 2.75) is 6.42 Å². The lowest BCUT2D eigenvalue weighted by Crippen LogP contribution is -1.91. The van der Waals surface area contributed by atoms with Crippen LogP contribution in [-0.2, 0) is 6.42 Å². The molecule has 4 nitrogen and oxygen atoms in total. The third kappa shape index (κ3) is 2.88. The molecule has 0 aliphatic carbocycles. The van der Waals surface area contributed by atoms with E-state index in [1.54, 1.807) is 0 Å². The summed E-state index contributed by atoms with van der Waals surface area (Å²) in [6.07, 6.45) is 0.575. The van der Waals surface area contributed by atoms with Crippen molar-refractivity contribution in [1.29, 1.82) is 0 Å². The van der Waals surface area contributed by atoms with Gasteiger partial charge in [0.15, 0.2) is 0 Å². The summed E-state index contributed by atoms with van der Waals surface area (Å²) < 4.78 is 6.27. The maximum Gasteiger partial charge on any atom is 0.231 e. The normalized spacial score (nSPS) is 10.7. The Bertz CT molecular complexity index is 739. The second kappa shape index (κ2) is 5.46. The number of benzene rings is 2. The Hall–Kier alpha value is -2.14. The van der Waals surface area contributed by atoms with Crippen molar-refractivity contribution < 1.29 is 4.52 Å². The summed E-state index contributed by atoms with van der Waals surface area (Å²) in [5.41, 5.74) is 8.45. The first-order valence-corrected chi connectivity index (χ1v) is 6.93. The Labute approximate surface area is 124 Å². The van der Waals surface area contributed by atoms with Crippen LogP contribution in [0.15, 0.2) is 57.5 Å². The fourth-order valence-electron chi connectivity index (χ4n) is 1.95. The summed E-state index contributed by atoms with van der Waals surface area (Å²) in [4.78, 5) is 4.41. The van der Waals surface area contributed by atoms with E-state index in [1.807, 2.05) is 48.5 Å². The van der Waals surface area contributed by atoms with Gasteiger partial charge in [-0.25, -0.2) is 0 Å². The second-order valence-corrected chi connectivity index (χ2v) is 5.36. The van der Waals surface area contributed by atoms with Crippen molar-refractivity contribution in [1.82, 2.24) is 10.1 Å². The molecule has 1 heterocycles. The average molecular weight is 330 g/mol. The maximum atomic E-state index is 5.75. The smallest absolute Gasteiger partial charge is 0.231 e. The van der Waals surface area contributed by atoms with Gasteiger partial charge in [0.2, 0.25) is 11.7 Å². The molecule has 0 aliphatic rings. The topological polar surface area (TPSA) is 64.9 Å². The van der Waals surface area contributed by atoms with Gasteiger partial charge in [0.05, 0.1) is 6.42 Å². The summed E-state index contributed by atoms with van der Waals surface area (Å²) in [7, 11) is 0. The minimum atomic E-state index is 0.575. The Morgan fingerprint density at radius 3 is 2.75 bits per heavy atom. The van der Waals surface area contributed by atoms with E-state index < -0.39 is 0 Å². The molecular weight excluding hydrogens is 318 g/mol. The number of aromatic nitrogens is 2.